The van der Waals surface area contributed by atoms with Gasteiger partial charge >= 0.3 is 11.6 Å². The minimum absolute atomic E-state index is 0.278. The number of aromatic nitrogens is 1. The van der Waals surface area contributed by atoms with E-state index >= 15 is 0 Å². The lowest BCUT2D eigenvalue weighted by atomic mass is 10.1. The molecule has 0 aliphatic carbocycles. The Morgan fingerprint density at radius 1 is 1.04 bits per heavy atom. The average Bonchev–Trinajstić information content (AvgIpc) is 2.97. The summed E-state index contributed by atoms with van der Waals surface area (Å²) in [6.45, 7) is 5.12. The first-order chi connectivity index (χ1) is 12.1. The van der Waals surface area contributed by atoms with Crippen LogP contribution < -0.4 is 10.5 Å². The summed E-state index contributed by atoms with van der Waals surface area (Å²) >= 11 is 1.54. The molecule has 4 nitrogen and oxygen atoms in total. The maximum atomic E-state index is 12.0. The number of nitrogens with zero attached hydrogens (tertiary/aromatic N) is 2. The maximum Gasteiger partial charge on any atom is 0.349 e. The fourth-order valence-electron chi connectivity index (χ4n) is 3.07. The van der Waals surface area contributed by atoms with E-state index in [-0.39, 0.29) is 5.63 Å². The van der Waals surface area contributed by atoms with Crippen LogP contribution in [0.15, 0.2) is 15.3 Å². The first-order valence-corrected chi connectivity index (χ1v) is 10.6. The van der Waals surface area contributed by atoms with Crippen LogP contribution in [0, 0.1) is 6.92 Å². The van der Waals surface area contributed by atoms with Crippen LogP contribution >= 0.6 is 11.3 Å². The first kappa shape index (κ1) is 20.0. The Kier molecular flexibility index (Phi) is 8.45. The summed E-state index contributed by atoms with van der Waals surface area (Å²) in [5, 5.41) is 0.596. The van der Waals surface area contributed by atoms with Crippen molar-refractivity contribution in [2.75, 3.05) is 18.5 Å². The topological polar surface area (TPSA) is 46.3 Å². The monoisotopic (exact) mass is 364 g/mol. The molecule has 0 fully saturated rings. The number of fused-ring (bicyclic) bond motifs is 1. The van der Waals surface area contributed by atoms with E-state index in [1.165, 1.54) is 57.8 Å². The molecule has 0 N–H and O–H groups in total. The number of rotatable bonds is 12. The summed E-state index contributed by atoms with van der Waals surface area (Å²) in [6.07, 6.45) is 13.2. The summed E-state index contributed by atoms with van der Waals surface area (Å²) in [5.41, 5.74) is -0.278. The second kappa shape index (κ2) is 10.6. The van der Waals surface area contributed by atoms with E-state index in [2.05, 4.69) is 11.9 Å². The Morgan fingerprint density at radius 3 is 2.28 bits per heavy atom. The molecule has 140 valence electrons. The molecular weight excluding hydrogens is 332 g/mol. The van der Waals surface area contributed by atoms with Crippen LogP contribution in [-0.4, -0.2) is 18.6 Å². The predicted octanol–water partition coefficient (Wildman–Crippen LogP) is 5.92. The van der Waals surface area contributed by atoms with E-state index in [0.717, 1.165) is 22.7 Å². The number of unbranched alkanes of at least 4 members (excludes halogenated alkanes) is 9. The van der Waals surface area contributed by atoms with E-state index in [0.29, 0.717) is 11.4 Å². The Morgan fingerprint density at radius 2 is 1.64 bits per heavy atom. The van der Waals surface area contributed by atoms with Crippen molar-refractivity contribution < 1.29 is 4.42 Å². The molecule has 2 heterocycles. The molecule has 0 spiro atoms. The van der Waals surface area contributed by atoms with Crippen LogP contribution in [0.25, 0.3) is 10.2 Å². The molecule has 0 radical (unpaired) electrons. The van der Waals surface area contributed by atoms with E-state index < -0.39 is 0 Å². The van der Waals surface area contributed by atoms with Gasteiger partial charge in [0.25, 0.3) is 0 Å². The van der Waals surface area contributed by atoms with Crippen LogP contribution in [0.1, 0.15) is 76.0 Å². The van der Waals surface area contributed by atoms with E-state index in [4.69, 9.17) is 4.42 Å². The molecule has 0 aromatic carbocycles. The molecule has 0 atom stereocenters. The summed E-state index contributed by atoms with van der Waals surface area (Å²) < 4.78 is 5.37. The summed E-state index contributed by atoms with van der Waals surface area (Å²) in [4.78, 5) is 20.4. The highest BCUT2D eigenvalue weighted by molar-refractivity contribution is 7.18. The molecule has 25 heavy (non-hydrogen) atoms. The Hall–Kier alpha value is -1.36. The van der Waals surface area contributed by atoms with Gasteiger partial charge in [0, 0.05) is 18.5 Å². The fraction of sp³-hybridized carbons (Fsp3) is 0.700. The molecule has 2 aromatic heterocycles. The van der Waals surface area contributed by atoms with Gasteiger partial charge in [0.15, 0.2) is 0 Å². The van der Waals surface area contributed by atoms with E-state index in [1.54, 1.807) is 11.3 Å². The van der Waals surface area contributed by atoms with Gasteiger partial charge in [-0.15, -0.1) is 11.3 Å². The largest absolute Gasteiger partial charge is 0.388 e. The average molecular weight is 365 g/mol. The highest BCUT2D eigenvalue weighted by Gasteiger charge is 2.12. The Balaban J connectivity index is 1.65. The van der Waals surface area contributed by atoms with Crippen LogP contribution in [0.3, 0.4) is 0 Å². The molecule has 0 aliphatic rings. The van der Waals surface area contributed by atoms with Gasteiger partial charge in [-0.2, -0.15) is 4.98 Å². The standard InChI is InChI=1S/C20H32N2O2S/c1-4-5-6-7-8-9-10-11-12-13-14-22(3)20-21-18-17(19(23)24-20)15-16(2)25-18/h15H,4-14H2,1-3H3. The first-order valence-electron chi connectivity index (χ1n) is 9.74. The fourth-order valence-corrected chi connectivity index (χ4v) is 3.93. The van der Waals surface area contributed by atoms with Crippen molar-refractivity contribution in [2.24, 2.45) is 0 Å². The second-order valence-electron chi connectivity index (χ2n) is 6.96. The van der Waals surface area contributed by atoms with E-state index in [9.17, 15) is 4.79 Å². The van der Waals surface area contributed by atoms with Crippen molar-refractivity contribution in [1.29, 1.82) is 0 Å². The van der Waals surface area contributed by atoms with Gasteiger partial charge in [0.2, 0.25) is 0 Å². The summed E-state index contributed by atoms with van der Waals surface area (Å²) in [7, 11) is 1.95. The molecule has 0 saturated carbocycles. The zero-order valence-electron chi connectivity index (χ0n) is 16.0. The van der Waals surface area contributed by atoms with Gasteiger partial charge in [0.1, 0.15) is 4.83 Å². The third-order valence-electron chi connectivity index (χ3n) is 4.61. The van der Waals surface area contributed by atoms with Crippen LogP contribution in [0.2, 0.25) is 0 Å². The summed E-state index contributed by atoms with van der Waals surface area (Å²) in [5.74, 6) is 0. The highest BCUT2D eigenvalue weighted by Crippen LogP contribution is 2.22. The minimum Gasteiger partial charge on any atom is -0.388 e. The second-order valence-corrected chi connectivity index (χ2v) is 8.20. The SMILES string of the molecule is CCCCCCCCCCCCN(C)c1nc2sc(C)cc2c(=O)o1. The van der Waals surface area contributed by atoms with Gasteiger partial charge in [-0.1, -0.05) is 64.7 Å². The van der Waals surface area contributed by atoms with Crippen LogP contribution in [0.4, 0.5) is 6.01 Å². The highest BCUT2D eigenvalue weighted by atomic mass is 32.1. The number of aryl methyl sites for hydroxylation is 1. The number of hydrogen-bond acceptors (Lipinski definition) is 5. The molecule has 5 heteroatoms. The molecule has 0 amide bonds. The number of anilines is 1. The van der Waals surface area contributed by atoms with Crippen molar-refractivity contribution in [1.82, 2.24) is 4.98 Å². The third kappa shape index (κ3) is 6.46. The smallest absolute Gasteiger partial charge is 0.349 e. The van der Waals surface area contributed by atoms with Crippen molar-refractivity contribution in [2.45, 2.75) is 78.1 Å². The molecule has 0 unspecified atom stereocenters. The van der Waals surface area contributed by atoms with Crippen LogP contribution in [0.5, 0.6) is 0 Å². The molecule has 0 saturated heterocycles. The van der Waals surface area contributed by atoms with Crippen molar-refractivity contribution in [3.8, 4) is 0 Å². The third-order valence-corrected chi connectivity index (χ3v) is 5.55. The number of hydrogen-bond donors (Lipinski definition) is 0. The lowest BCUT2D eigenvalue weighted by Crippen LogP contribution is -2.21. The zero-order valence-corrected chi connectivity index (χ0v) is 16.8. The lowest BCUT2D eigenvalue weighted by Gasteiger charge is -2.15. The van der Waals surface area contributed by atoms with Crippen molar-refractivity contribution in [3.63, 3.8) is 0 Å². The molecule has 2 rings (SSSR count). The van der Waals surface area contributed by atoms with E-state index in [1.807, 2.05) is 24.9 Å². The zero-order chi connectivity index (χ0) is 18.1. The predicted molar refractivity (Wildman–Crippen MR) is 108 cm³/mol. The van der Waals surface area contributed by atoms with Crippen LogP contribution in [-0.2, 0) is 0 Å². The normalized spacial score (nSPS) is 11.3. The lowest BCUT2D eigenvalue weighted by molar-refractivity contribution is 0.489. The Labute approximate surface area is 155 Å². The molecule has 0 bridgehead atoms. The van der Waals surface area contributed by atoms with Gasteiger partial charge in [0.05, 0.1) is 5.39 Å². The maximum absolute atomic E-state index is 12.0. The summed E-state index contributed by atoms with van der Waals surface area (Å²) in [6, 6.07) is 2.29. The van der Waals surface area contributed by atoms with Gasteiger partial charge in [-0.05, 0) is 19.4 Å². The molecule has 2 aromatic rings. The Bertz CT molecular complexity index is 693. The van der Waals surface area contributed by atoms with Gasteiger partial charge in [-0.3, -0.25) is 0 Å². The van der Waals surface area contributed by atoms with Gasteiger partial charge < -0.3 is 9.32 Å². The molecule has 0 aliphatic heterocycles. The quantitative estimate of drug-likeness (QED) is 0.439. The van der Waals surface area contributed by atoms with Crippen molar-refractivity contribution >= 4 is 27.6 Å². The molecular formula is C20H32N2O2S. The van der Waals surface area contributed by atoms with Crippen molar-refractivity contribution in [3.05, 3.63) is 21.4 Å². The minimum atomic E-state index is -0.278. The number of thiophene rings is 1. The van der Waals surface area contributed by atoms with Gasteiger partial charge in [-0.25, -0.2) is 4.79 Å².